The van der Waals surface area contributed by atoms with Crippen LogP contribution in [-0.4, -0.2) is 49.7 Å². The molecule has 1 saturated heterocycles. The smallest absolute Gasteiger partial charge is 0.344 e. The molecule has 2 aliphatic rings. The lowest BCUT2D eigenvalue weighted by Crippen LogP contribution is -2.34. The first-order chi connectivity index (χ1) is 15.0. The van der Waals surface area contributed by atoms with Gasteiger partial charge in [-0.1, -0.05) is 17.7 Å². The van der Waals surface area contributed by atoms with E-state index >= 15 is 0 Å². The monoisotopic (exact) mass is 445 g/mol. The maximum atomic E-state index is 12.7. The van der Waals surface area contributed by atoms with E-state index in [-0.39, 0.29) is 25.2 Å². The van der Waals surface area contributed by atoms with Crippen molar-refractivity contribution in [3.8, 4) is 17.2 Å². The van der Waals surface area contributed by atoms with E-state index in [0.717, 1.165) is 29.7 Å². The molecule has 0 bridgehead atoms. The van der Waals surface area contributed by atoms with Crippen molar-refractivity contribution in [3.05, 3.63) is 52.5 Å². The van der Waals surface area contributed by atoms with Crippen LogP contribution in [0.1, 0.15) is 30.0 Å². The van der Waals surface area contributed by atoms with Crippen molar-refractivity contribution in [2.24, 2.45) is 0 Å². The third-order valence-electron chi connectivity index (χ3n) is 5.36. The first-order valence-corrected chi connectivity index (χ1v) is 10.6. The Labute approximate surface area is 185 Å². The number of carbonyl (C=O) groups excluding carboxylic acids is 2. The Balaban J connectivity index is 1.31. The SMILES string of the molecule is Cc1cc(Cl)ccc1OCC(=O)OCC(=O)N1CCCC1c1ccc2c(c1)OCCO2. The lowest BCUT2D eigenvalue weighted by Gasteiger charge is -2.26. The Bertz CT molecular complexity index is 979. The molecule has 0 radical (unpaired) electrons. The number of carbonyl (C=O) groups is 2. The van der Waals surface area contributed by atoms with E-state index < -0.39 is 5.97 Å². The second-order valence-electron chi connectivity index (χ2n) is 7.51. The molecule has 2 aromatic carbocycles. The summed E-state index contributed by atoms with van der Waals surface area (Å²) in [6.07, 6.45) is 1.73. The number of benzene rings is 2. The van der Waals surface area contributed by atoms with Crippen molar-refractivity contribution in [1.29, 1.82) is 0 Å². The van der Waals surface area contributed by atoms with Gasteiger partial charge in [0.1, 0.15) is 19.0 Å². The Morgan fingerprint density at radius 2 is 1.90 bits per heavy atom. The van der Waals surface area contributed by atoms with E-state index in [1.54, 1.807) is 23.1 Å². The highest BCUT2D eigenvalue weighted by Gasteiger charge is 2.31. The zero-order valence-corrected chi connectivity index (χ0v) is 18.0. The second-order valence-corrected chi connectivity index (χ2v) is 7.94. The van der Waals surface area contributed by atoms with Gasteiger partial charge in [-0.25, -0.2) is 4.79 Å². The van der Waals surface area contributed by atoms with Gasteiger partial charge in [0.2, 0.25) is 0 Å². The minimum Gasteiger partial charge on any atom is -0.486 e. The van der Waals surface area contributed by atoms with E-state index in [4.69, 9.17) is 30.5 Å². The summed E-state index contributed by atoms with van der Waals surface area (Å²) >= 11 is 5.91. The molecule has 1 fully saturated rings. The van der Waals surface area contributed by atoms with Crippen molar-refractivity contribution in [3.63, 3.8) is 0 Å². The first kappa shape index (κ1) is 21.3. The molecule has 0 spiro atoms. The molecule has 8 heteroatoms. The summed E-state index contributed by atoms with van der Waals surface area (Å²) in [5.74, 6) is 1.14. The molecule has 7 nitrogen and oxygen atoms in total. The zero-order chi connectivity index (χ0) is 21.8. The lowest BCUT2D eigenvalue weighted by molar-refractivity contribution is -0.154. The van der Waals surface area contributed by atoms with Gasteiger partial charge in [0.25, 0.3) is 5.91 Å². The van der Waals surface area contributed by atoms with Crippen LogP contribution in [0.25, 0.3) is 0 Å². The van der Waals surface area contributed by atoms with Gasteiger partial charge in [0.15, 0.2) is 24.7 Å². The Morgan fingerprint density at radius 3 is 2.71 bits per heavy atom. The molecule has 1 atom stereocenters. The van der Waals surface area contributed by atoms with Crippen LogP contribution in [0.4, 0.5) is 0 Å². The van der Waals surface area contributed by atoms with Crippen molar-refractivity contribution in [1.82, 2.24) is 4.90 Å². The molecule has 0 saturated carbocycles. The molecule has 0 aliphatic carbocycles. The Kier molecular flexibility index (Phi) is 6.51. The molecule has 31 heavy (non-hydrogen) atoms. The Hall–Kier alpha value is -2.93. The van der Waals surface area contributed by atoms with E-state index in [9.17, 15) is 9.59 Å². The molecule has 2 heterocycles. The molecular formula is C23H24ClNO6. The van der Waals surface area contributed by atoms with Gasteiger partial charge in [0, 0.05) is 11.6 Å². The van der Waals surface area contributed by atoms with Crippen molar-refractivity contribution in [2.75, 3.05) is 33.0 Å². The molecule has 2 aromatic rings. The summed E-state index contributed by atoms with van der Waals surface area (Å²) in [5.41, 5.74) is 1.80. The first-order valence-electron chi connectivity index (χ1n) is 10.2. The van der Waals surface area contributed by atoms with Crippen LogP contribution in [0.2, 0.25) is 5.02 Å². The Morgan fingerprint density at radius 1 is 1.10 bits per heavy atom. The number of likely N-dealkylation sites (tertiary alicyclic amines) is 1. The number of hydrogen-bond donors (Lipinski definition) is 0. The van der Waals surface area contributed by atoms with Crippen LogP contribution in [0, 0.1) is 6.92 Å². The number of halogens is 1. The van der Waals surface area contributed by atoms with Crippen LogP contribution >= 0.6 is 11.6 Å². The zero-order valence-electron chi connectivity index (χ0n) is 17.3. The second kappa shape index (κ2) is 9.47. The predicted octanol–water partition coefficient (Wildman–Crippen LogP) is 3.71. The van der Waals surface area contributed by atoms with Crippen LogP contribution in [-0.2, 0) is 14.3 Å². The van der Waals surface area contributed by atoms with E-state index in [2.05, 4.69) is 0 Å². The fourth-order valence-corrected chi connectivity index (χ4v) is 4.08. The summed E-state index contributed by atoms with van der Waals surface area (Å²) in [6.45, 7) is 2.91. The molecule has 4 rings (SSSR count). The maximum absolute atomic E-state index is 12.7. The number of aryl methyl sites for hydroxylation is 1. The number of fused-ring (bicyclic) bond motifs is 1. The molecule has 0 aromatic heterocycles. The number of amides is 1. The summed E-state index contributed by atoms with van der Waals surface area (Å²) < 4.78 is 21.8. The van der Waals surface area contributed by atoms with Gasteiger partial charge in [-0.15, -0.1) is 0 Å². The summed E-state index contributed by atoms with van der Waals surface area (Å²) in [5, 5.41) is 0.594. The minimum absolute atomic E-state index is 0.0741. The largest absolute Gasteiger partial charge is 0.486 e. The van der Waals surface area contributed by atoms with Crippen molar-refractivity contribution in [2.45, 2.75) is 25.8 Å². The highest BCUT2D eigenvalue weighted by molar-refractivity contribution is 6.30. The normalized spacial score (nSPS) is 17.4. The highest BCUT2D eigenvalue weighted by atomic mass is 35.5. The summed E-state index contributed by atoms with van der Waals surface area (Å²) in [7, 11) is 0. The van der Waals surface area contributed by atoms with Crippen molar-refractivity contribution < 1.29 is 28.5 Å². The number of rotatable bonds is 6. The molecule has 164 valence electrons. The number of hydrogen-bond acceptors (Lipinski definition) is 6. The maximum Gasteiger partial charge on any atom is 0.344 e. The summed E-state index contributed by atoms with van der Waals surface area (Å²) in [6, 6.07) is 10.8. The fourth-order valence-electron chi connectivity index (χ4n) is 3.86. The minimum atomic E-state index is -0.599. The topological polar surface area (TPSA) is 74.3 Å². The van der Waals surface area contributed by atoms with Crippen molar-refractivity contribution >= 4 is 23.5 Å². The van der Waals surface area contributed by atoms with E-state index in [0.29, 0.717) is 36.3 Å². The lowest BCUT2D eigenvalue weighted by atomic mass is 10.0. The van der Waals surface area contributed by atoms with Gasteiger partial charge in [-0.3, -0.25) is 4.79 Å². The molecule has 1 unspecified atom stereocenters. The highest BCUT2D eigenvalue weighted by Crippen LogP contribution is 2.38. The average molecular weight is 446 g/mol. The van der Waals surface area contributed by atoms with Gasteiger partial charge >= 0.3 is 5.97 Å². The average Bonchev–Trinajstić information content (AvgIpc) is 3.26. The van der Waals surface area contributed by atoms with Gasteiger partial charge in [-0.05, 0) is 61.2 Å². The predicted molar refractivity (Wildman–Crippen MR) is 114 cm³/mol. The number of ether oxygens (including phenoxy) is 4. The van der Waals surface area contributed by atoms with Gasteiger partial charge in [0.05, 0.1) is 6.04 Å². The van der Waals surface area contributed by atoms with Crippen LogP contribution in [0.3, 0.4) is 0 Å². The fraction of sp³-hybridized carbons (Fsp3) is 0.391. The third kappa shape index (κ3) is 5.05. The van der Waals surface area contributed by atoms with Crippen LogP contribution in [0.15, 0.2) is 36.4 Å². The van der Waals surface area contributed by atoms with Gasteiger partial charge < -0.3 is 23.8 Å². The van der Waals surface area contributed by atoms with Crippen LogP contribution in [0.5, 0.6) is 17.2 Å². The molecule has 2 aliphatic heterocycles. The molecule has 1 amide bonds. The van der Waals surface area contributed by atoms with E-state index in [1.807, 2.05) is 25.1 Å². The van der Waals surface area contributed by atoms with E-state index in [1.165, 1.54) is 0 Å². The quantitative estimate of drug-likeness (QED) is 0.631. The molecular weight excluding hydrogens is 422 g/mol. The molecule has 0 N–H and O–H groups in total. The van der Waals surface area contributed by atoms with Crippen LogP contribution < -0.4 is 14.2 Å². The number of nitrogens with zero attached hydrogens (tertiary/aromatic N) is 1. The third-order valence-corrected chi connectivity index (χ3v) is 5.60. The van der Waals surface area contributed by atoms with Gasteiger partial charge in [-0.2, -0.15) is 0 Å². The summed E-state index contributed by atoms with van der Waals surface area (Å²) in [4.78, 5) is 26.5. The standard InChI is InChI=1S/C23H24ClNO6/c1-15-11-17(24)5-7-19(15)30-14-23(27)31-13-22(26)25-8-2-3-18(25)16-4-6-20-21(12-16)29-10-9-28-20/h4-7,11-12,18H,2-3,8-10,13-14H2,1H3. The number of esters is 1.